The van der Waals surface area contributed by atoms with Crippen LogP contribution in [0.15, 0.2) is 30.6 Å². The summed E-state index contributed by atoms with van der Waals surface area (Å²) in [7, 11) is 0. The summed E-state index contributed by atoms with van der Waals surface area (Å²) < 4.78 is 20.3. The first-order valence-corrected chi connectivity index (χ1v) is 8.27. The number of carbonyl (C=O) groups excluding carboxylic acids is 2. The fourth-order valence-corrected chi connectivity index (χ4v) is 2.64. The summed E-state index contributed by atoms with van der Waals surface area (Å²) in [4.78, 5) is 32.7. The zero-order valence-corrected chi connectivity index (χ0v) is 15.1. The number of hydrogen-bond acceptors (Lipinski definition) is 6. The third-order valence-electron chi connectivity index (χ3n) is 4.12. The zero-order valence-electron chi connectivity index (χ0n) is 15.1. The maximum Gasteiger partial charge on any atom is 0.311 e. The molecule has 1 amide bonds. The number of carbonyl (C=O) groups is 2. The van der Waals surface area contributed by atoms with Gasteiger partial charge in [0.15, 0.2) is 6.10 Å². The van der Waals surface area contributed by atoms with Crippen LogP contribution in [0, 0.1) is 19.7 Å². The van der Waals surface area contributed by atoms with Crippen LogP contribution in [-0.2, 0) is 20.7 Å². The molecule has 2 heterocycles. The number of rotatable bonds is 5. The van der Waals surface area contributed by atoms with Crippen molar-refractivity contribution in [2.75, 3.05) is 5.32 Å². The van der Waals surface area contributed by atoms with E-state index < -0.39 is 23.8 Å². The maximum atomic E-state index is 13.6. The Bertz CT molecular complexity index is 1020. The van der Waals surface area contributed by atoms with Crippen molar-refractivity contribution in [1.29, 1.82) is 0 Å². The molecule has 140 valence electrons. The van der Waals surface area contributed by atoms with Crippen LogP contribution in [0.1, 0.15) is 23.9 Å². The number of fused-ring (bicyclic) bond motifs is 1. The molecular formula is C18H18FN5O3. The second kappa shape index (κ2) is 7.48. The van der Waals surface area contributed by atoms with Crippen LogP contribution in [0.3, 0.4) is 0 Å². The summed E-state index contributed by atoms with van der Waals surface area (Å²) >= 11 is 0. The summed E-state index contributed by atoms with van der Waals surface area (Å²) in [6.45, 7) is 4.98. The van der Waals surface area contributed by atoms with Crippen molar-refractivity contribution in [3.05, 3.63) is 53.4 Å². The number of anilines is 1. The molecule has 0 saturated carbocycles. The first-order valence-electron chi connectivity index (χ1n) is 8.27. The fourth-order valence-electron chi connectivity index (χ4n) is 2.64. The number of nitrogens with one attached hydrogen (secondary N) is 1. The molecule has 0 spiro atoms. The number of hydrogen-bond donors (Lipinski definition) is 1. The van der Waals surface area contributed by atoms with Crippen molar-refractivity contribution in [3.8, 4) is 0 Å². The highest BCUT2D eigenvalue weighted by Gasteiger charge is 2.21. The van der Waals surface area contributed by atoms with Gasteiger partial charge in [-0.15, -0.1) is 0 Å². The van der Waals surface area contributed by atoms with Gasteiger partial charge in [-0.1, -0.05) is 12.1 Å². The number of nitrogens with zero attached hydrogens (tertiary/aromatic N) is 4. The van der Waals surface area contributed by atoms with Gasteiger partial charge < -0.3 is 10.1 Å². The van der Waals surface area contributed by atoms with Gasteiger partial charge in [0, 0.05) is 17.0 Å². The van der Waals surface area contributed by atoms with Crippen LogP contribution >= 0.6 is 0 Å². The summed E-state index contributed by atoms with van der Waals surface area (Å²) in [5.74, 6) is -1.34. The molecule has 0 radical (unpaired) electrons. The molecule has 1 aromatic carbocycles. The van der Waals surface area contributed by atoms with Gasteiger partial charge in [-0.2, -0.15) is 10.1 Å². The van der Waals surface area contributed by atoms with E-state index in [1.807, 2.05) is 0 Å². The molecule has 3 aromatic rings. The highest BCUT2D eigenvalue weighted by atomic mass is 19.1. The molecule has 0 aliphatic carbocycles. The molecule has 0 unspecified atom stereocenters. The smallest absolute Gasteiger partial charge is 0.311 e. The van der Waals surface area contributed by atoms with E-state index in [1.165, 1.54) is 36.0 Å². The van der Waals surface area contributed by atoms with Gasteiger partial charge in [0.1, 0.15) is 12.1 Å². The lowest BCUT2D eigenvalue weighted by atomic mass is 10.1. The van der Waals surface area contributed by atoms with E-state index in [1.54, 1.807) is 19.9 Å². The lowest BCUT2D eigenvalue weighted by Gasteiger charge is -2.15. The van der Waals surface area contributed by atoms with Gasteiger partial charge in [0.2, 0.25) is 0 Å². The van der Waals surface area contributed by atoms with E-state index in [0.29, 0.717) is 17.0 Å². The average molecular weight is 371 g/mol. The van der Waals surface area contributed by atoms with Crippen molar-refractivity contribution < 1.29 is 18.7 Å². The van der Waals surface area contributed by atoms with E-state index >= 15 is 0 Å². The number of ether oxygens (including phenoxy) is 1. The molecule has 0 bridgehead atoms. The normalized spacial score (nSPS) is 12.0. The average Bonchev–Trinajstić information content (AvgIpc) is 3.09. The predicted molar refractivity (Wildman–Crippen MR) is 94.5 cm³/mol. The topological polar surface area (TPSA) is 98.5 Å². The van der Waals surface area contributed by atoms with Gasteiger partial charge in [-0.25, -0.2) is 13.9 Å². The van der Waals surface area contributed by atoms with Gasteiger partial charge >= 0.3 is 5.97 Å². The van der Waals surface area contributed by atoms with Crippen LogP contribution in [0.25, 0.3) is 5.78 Å². The minimum atomic E-state index is -1.08. The molecule has 0 aliphatic rings. The Morgan fingerprint density at radius 2 is 2.04 bits per heavy atom. The molecule has 27 heavy (non-hydrogen) atoms. The first-order chi connectivity index (χ1) is 12.9. The Kier molecular flexibility index (Phi) is 5.11. The van der Waals surface area contributed by atoms with Crippen molar-refractivity contribution >= 4 is 23.3 Å². The van der Waals surface area contributed by atoms with Crippen LogP contribution in [0.2, 0.25) is 0 Å². The molecule has 1 atom stereocenters. The molecule has 2 aromatic heterocycles. The van der Waals surface area contributed by atoms with Gasteiger partial charge in [0.25, 0.3) is 11.7 Å². The molecule has 0 aliphatic heterocycles. The van der Waals surface area contributed by atoms with Crippen LogP contribution in [-0.4, -0.2) is 37.6 Å². The number of para-hydroxylation sites is 1. The standard InChI is InChI=1S/C18H18FN5O3/c1-10-13(11(2)24-18(22-10)20-9-21-24)8-16(25)27-12(3)17(26)23-15-7-5-4-6-14(15)19/h4-7,9,12H,8H2,1-3H3,(H,23,26)/t12-/m0/s1. The Morgan fingerprint density at radius 1 is 1.30 bits per heavy atom. The number of benzene rings is 1. The maximum absolute atomic E-state index is 13.6. The molecule has 0 fully saturated rings. The lowest BCUT2D eigenvalue weighted by molar-refractivity contribution is -0.152. The Balaban J connectivity index is 1.67. The van der Waals surface area contributed by atoms with E-state index in [0.717, 1.165) is 5.69 Å². The minimum Gasteiger partial charge on any atom is -0.452 e. The fraction of sp³-hybridized carbons (Fsp3) is 0.278. The summed E-state index contributed by atoms with van der Waals surface area (Å²) in [5.41, 5.74) is 2.03. The first kappa shape index (κ1) is 18.4. The molecule has 1 N–H and O–H groups in total. The second-order valence-corrected chi connectivity index (χ2v) is 6.01. The van der Waals surface area contributed by atoms with E-state index in [2.05, 4.69) is 20.4 Å². The third-order valence-corrected chi connectivity index (χ3v) is 4.12. The Morgan fingerprint density at radius 3 is 2.78 bits per heavy atom. The minimum absolute atomic E-state index is 0.0259. The second-order valence-electron chi connectivity index (χ2n) is 6.01. The summed E-state index contributed by atoms with van der Waals surface area (Å²) in [6.07, 6.45) is 0.227. The number of esters is 1. The number of aromatic nitrogens is 4. The largest absolute Gasteiger partial charge is 0.452 e. The molecular weight excluding hydrogens is 353 g/mol. The SMILES string of the molecule is Cc1nc2ncnn2c(C)c1CC(=O)O[C@@H](C)C(=O)Nc1ccccc1F. The monoisotopic (exact) mass is 371 g/mol. The highest BCUT2D eigenvalue weighted by Crippen LogP contribution is 2.16. The van der Waals surface area contributed by atoms with Crippen molar-refractivity contribution in [2.24, 2.45) is 0 Å². The predicted octanol–water partition coefficient (Wildman–Crippen LogP) is 1.99. The number of aryl methyl sites for hydroxylation is 2. The highest BCUT2D eigenvalue weighted by molar-refractivity contribution is 5.95. The van der Waals surface area contributed by atoms with Crippen LogP contribution < -0.4 is 5.32 Å². The van der Waals surface area contributed by atoms with Gasteiger partial charge in [0.05, 0.1) is 12.1 Å². The van der Waals surface area contributed by atoms with E-state index in [4.69, 9.17) is 4.74 Å². The van der Waals surface area contributed by atoms with Crippen LogP contribution in [0.5, 0.6) is 0 Å². The molecule has 3 rings (SSSR count). The number of amides is 1. The quantitative estimate of drug-likeness (QED) is 0.689. The van der Waals surface area contributed by atoms with Gasteiger partial charge in [-0.3, -0.25) is 9.59 Å². The molecule has 9 heteroatoms. The summed E-state index contributed by atoms with van der Waals surface area (Å²) in [6, 6.07) is 5.76. The van der Waals surface area contributed by atoms with Crippen molar-refractivity contribution in [2.45, 2.75) is 33.3 Å². The zero-order chi connectivity index (χ0) is 19.6. The van der Waals surface area contributed by atoms with Crippen molar-refractivity contribution in [1.82, 2.24) is 19.6 Å². The molecule has 0 saturated heterocycles. The van der Waals surface area contributed by atoms with E-state index in [9.17, 15) is 14.0 Å². The third kappa shape index (κ3) is 3.91. The number of halogens is 1. The lowest BCUT2D eigenvalue weighted by Crippen LogP contribution is -2.31. The van der Waals surface area contributed by atoms with Crippen molar-refractivity contribution in [3.63, 3.8) is 0 Å². The Hall–Kier alpha value is -3.36. The summed E-state index contributed by atoms with van der Waals surface area (Å²) in [5, 5.41) is 6.46. The molecule has 8 nitrogen and oxygen atoms in total. The van der Waals surface area contributed by atoms with E-state index in [-0.39, 0.29) is 12.1 Å². The Labute approximate surface area is 154 Å². The van der Waals surface area contributed by atoms with Crippen LogP contribution in [0.4, 0.5) is 10.1 Å². The van der Waals surface area contributed by atoms with Gasteiger partial charge in [-0.05, 0) is 32.9 Å².